The zero-order chi connectivity index (χ0) is 14.8. The van der Waals surface area contributed by atoms with Gasteiger partial charge < -0.3 is 14.5 Å². The molecule has 0 fully saturated rings. The van der Waals surface area contributed by atoms with E-state index in [0.717, 1.165) is 11.3 Å². The van der Waals surface area contributed by atoms with Gasteiger partial charge in [0.05, 0.1) is 18.4 Å². The minimum atomic E-state index is 0.0346. The smallest absolute Gasteiger partial charge is 0.230 e. The van der Waals surface area contributed by atoms with E-state index < -0.39 is 0 Å². The van der Waals surface area contributed by atoms with Gasteiger partial charge in [0.25, 0.3) is 0 Å². The van der Waals surface area contributed by atoms with Crippen LogP contribution in [0.1, 0.15) is 26.5 Å². The normalized spacial score (nSPS) is 11.7. The van der Waals surface area contributed by atoms with E-state index in [4.69, 9.17) is 20.8 Å². The topological polar surface area (TPSA) is 47.3 Å². The summed E-state index contributed by atoms with van der Waals surface area (Å²) in [7, 11) is 1.61. The molecule has 4 nitrogen and oxygen atoms in total. The summed E-state index contributed by atoms with van der Waals surface area (Å²) < 4.78 is 10.8. The molecular weight excluding hydrogens is 276 g/mol. The molecule has 108 valence electrons. The van der Waals surface area contributed by atoms with E-state index in [1.54, 1.807) is 31.6 Å². The lowest BCUT2D eigenvalue weighted by Gasteiger charge is -2.19. The molecule has 0 aliphatic carbocycles. The van der Waals surface area contributed by atoms with Gasteiger partial charge in [-0.05, 0) is 39.0 Å². The molecule has 1 aromatic carbocycles. The molecule has 5 heteroatoms. The van der Waals surface area contributed by atoms with Crippen molar-refractivity contribution in [2.45, 2.75) is 32.9 Å². The van der Waals surface area contributed by atoms with Gasteiger partial charge in [-0.2, -0.15) is 0 Å². The van der Waals surface area contributed by atoms with Crippen molar-refractivity contribution in [1.29, 1.82) is 0 Å². The predicted octanol–water partition coefficient (Wildman–Crippen LogP) is 3.89. The van der Waals surface area contributed by atoms with Gasteiger partial charge in [0, 0.05) is 17.1 Å². The highest BCUT2D eigenvalue weighted by Gasteiger charge is 2.14. The van der Waals surface area contributed by atoms with E-state index in [0.29, 0.717) is 23.2 Å². The van der Waals surface area contributed by atoms with Crippen molar-refractivity contribution in [2.24, 2.45) is 0 Å². The van der Waals surface area contributed by atoms with E-state index in [9.17, 15) is 0 Å². The van der Waals surface area contributed by atoms with Crippen LogP contribution in [-0.2, 0) is 6.54 Å². The monoisotopic (exact) mass is 294 g/mol. The molecule has 0 unspecified atom stereocenters. The Bertz CT molecular complexity index is 588. The molecule has 0 saturated heterocycles. The molecular formula is C15H19ClN2O2. The summed E-state index contributed by atoms with van der Waals surface area (Å²) in [5.41, 5.74) is 1.63. The third-order valence-electron chi connectivity index (χ3n) is 2.74. The number of hydrogen-bond acceptors (Lipinski definition) is 4. The van der Waals surface area contributed by atoms with Crippen LogP contribution < -0.4 is 10.1 Å². The van der Waals surface area contributed by atoms with E-state index >= 15 is 0 Å². The minimum Gasteiger partial charge on any atom is -0.496 e. The largest absolute Gasteiger partial charge is 0.496 e. The van der Waals surface area contributed by atoms with E-state index in [-0.39, 0.29) is 5.54 Å². The number of aromatic nitrogens is 1. The Morgan fingerprint density at radius 1 is 1.35 bits per heavy atom. The van der Waals surface area contributed by atoms with Crippen LogP contribution in [0, 0.1) is 0 Å². The molecule has 1 heterocycles. The van der Waals surface area contributed by atoms with Gasteiger partial charge in [0.2, 0.25) is 5.89 Å². The van der Waals surface area contributed by atoms with Crippen molar-refractivity contribution in [3.8, 4) is 17.2 Å². The summed E-state index contributed by atoms with van der Waals surface area (Å²) in [5, 5.41) is 3.98. The van der Waals surface area contributed by atoms with E-state index in [1.165, 1.54) is 0 Å². The summed E-state index contributed by atoms with van der Waals surface area (Å²) >= 11 is 6.01. The summed E-state index contributed by atoms with van der Waals surface area (Å²) in [6.45, 7) is 6.96. The number of halogens is 1. The molecule has 2 rings (SSSR count). The summed E-state index contributed by atoms with van der Waals surface area (Å²) in [5.74, 6) is 1.20. The highest BCUT2D eigenvalue weighted by atomic mass is 35.5. The maximum absolute atomic E-state index is 6.01. The van der Waals surface area contributed by atoms with Gasteiger partial charge in [-0.3, -0.25) is 0 Å². The molecule has 1 N–H and O–H groups in total. The van der Waals surface area contributed by atoms with Crippen molar-refractivity contribution < 1.29 is 9.15 Å². The van der Waals surface area contributed by atoms with Gasteiger partial charge >= 0.3 is 0 Å². The standard InChI is InChI=1S/C15H19ClN2O2/c1-15(2,3)17-8-11-9-20-14(18-11)12-7-10(16)5-6-13(12)19-4/h5-7,9,17H,8H2,1-4H3. The summed E-state index contributed by atoms with van der Waals surface area (Å²) in [4.78, 5) is 4.47. The first-order chi connectivity index (χ1) is 9.39. The predicted molar refractivity (Wildman–Crippen MR) is 80.1 cm³/mol. The molecule has 0 aliphatic rings. The number of benzene rings is 1. The molecule has 1 aromatic heterocycles. The van der Waals surface area contributed by atoms with Crippen LogP contribution in [-0.4, -0.2) is 17.6 Å². The number of nitrogens with zero attached hydrogens (tertiary/aromatic N) is 1. The molecule has 0 saturated carbocycles. The molecule has 0 bridgehead atoms. The fourth-order valence-electron chi connectivity index (χ4n) is 1.71. The summed E-state index contributed by atoms with van der Waals surface area (Å²) in [6, 6.07) is 5.36. The second-order valence-electron chi connectivity index (χ2n) is 5.59. The number of rotatable bonds is 4. The fourth-order valence-corrected chi connectivity index (χ4v) is 1.89. The highest BCUT2D eigenvalue weighted by Crippen LogP contribution is 2.31. The molecule has 0 atom stereocenters. The Balaban J connectivity index is 2.22. The zero-order valence-corrected chi connectivity index (χ0v) is 12.9. The van der Waals surface area contributed by atoms with Crippen LogP contribution in [0.2, 0.25) is 5.02 Å². The Morgan fingerprint density at radius 3 is 2.75 bits per heavy atom. The molecule has 0 radical (unpaired) electrons. The number of methoxy groups -OCH3 is 1. The van der Waals surface area contributed by atoms with Crippen molar-refractivity contribution >= 4 is 11.6 Å². The highest BCUT2D eigenvalue weighted by molar-refractivity contribution is 6.30. The Kier molecular flexibility index (Phi) is 4.35. The van der Waals surface area contributed by atoms with Crippen LogP contribution in [0.15, 0.2) is 28.9 Å². The quantitative estimate of drug-likeness (QED) is 0.929. The lowest BCUT2D eigenvalue weighted by molar-refractivity contribution is 0.414. The first-order valence-corrected chi connectivity index (χ1v) is 6.80. The van der Waals surface area contributed by atoms with Crippen LogP contribution in [0.5, 0.6) is 5.75 Å². The Morgan fingerprint density at radius 2 is 2.10 bits per heavy atom. The van der Waals surface area contributed by atoms with Crippen LogP contribution in [0.25, 0.3) is 11.5 Å². The Labute approximate surface area is 124 Å². The number of hydrogen-bond donors (Lipinski definition) is 1. The van der Waals surface area contributed by atoms with Crippen molar-refractivity contribution in [3.63, 3.8) is 0 Å². The molecule has 0 aliphatic heterocycles. The zero-order valence-electron chi connectivity index (χ0n) is 12.2. The maximum Gasteiger partial charge on any atom is 0.230 e. The van der Waals surface area contributed by atoms with Gasteiger partial charge in [0.15, 0.2) is 0 Å². The van der Waals surface area contributed by atoms with Gasteiger partial charge in [-0.1, -0.05) is 11.6 Å². The van der Waals surface area contributed by atoms with Crippen molar-refractivity contribution in [3.05, 3.63) is 35.2 Å². The third-order valence-corrected chi connectivity index (χ3v) is 2.98. The fraction of sp³-hybridized carbons (Fsp3) is 0.400. The minimum absolute atomic E-state index is 0.0346. The van der Waals surface area contributed by atoms with Gasteiger partial charge in [-0.15, -0.1) is 0 Å². The van der Waals surface area contributed by atoms with Gasteiger partial charge in [-0.25, -0.2) is 4.98 Å². The lowest BCUT2D eigenvalue weighted by atomic mass is 10.1. The average molecular weight is 295 g/mol. The SMILES string of the molecule is COc1ccc(Cl)cc1-c1nc(CNC(C)(C)C)co1. The van der Waals surface area contributed by atoms with Crippen LogP contribution in [0.4, 0.5) is 0 Å². The second kappa shape index (κ2) is 5.85. The van der Waals surface area contributed by atoms with Gasteiger partial charge in [0.1, 0.15) is 12.0 Å². The first-order valence-electron chi connectivity index (χ1n) is 6.42. The van der Waals surface area contributed by atoms with Crippen LogP contribution in [0.3, 0.4) is 0 Å². The maximum atomic E-state index is 6.01. The van der Waals surface area contributed by atoms with Crippen molar-refractivity contribution in [1.82, 2.24) is 10.3 Å². The number of ether oxygens (including phenoxy) is 1. The number of nitrogens with one attached hydrogen (secondary N) is 1. The molecule has 2 aromatic rings. The third kappa shape index (κ3) is 3.74. The molecule has 0 amide bonds. The second-order valence-corrected chi connectivity index (χ2v) is 6.03. The van der Waals surface area contributed by atoms with Crippen molar-refractivity contribution in [2.75, 3.05) is 7.11 Å². The average Bonchev–Trinajstić information content (AvgIpc) is 2.84. The Hall–Kier alpha value is -1.52. The number of oxazole rings is 1. The lowest BCUT2D eigenvalue weighted by Crippen LogP contribution is -2.35. The molecule has 20 heavy (non-hydrogen) atoms. The van der Waals surface area contributed by atoms with Crippen LogP contribution >= 0.6 is 11.6 Å². The van der Waals surface area contributed by atoms with E-state index in [1.807, 2.05) is 0 Å². The molecule has 0 spiro atoms. The van der Waals surface area contributed by atoms with E-state index in [2.05, 4.69) is 31.1 Å². The first kappa shape index (κ1) is 14.9. The summed E-state index contributed by atoms with van der Waals surface area (Å²) in [6.07, 6.45) is 1.65.